The van der Waals surface area contributed by atoms with Gasteiger partial charge in [-0.3, -0.25) is 4.79 Å². The average Bonchev–Trinajstić information content (AvgIpc) is 2.40. The normalized spacial score (nSPS) is 17.4. The summed E-state index contributed by atoms with van der Waals surface area (Å²) in [5.74, 6) is 0.509. The second-order valence-electron chi connectivity index (χ2n) is 6.08. The lowest BCUT2D eigenvalue weighted by Gasteiger charge is -2.24. The zero-order chi connectivity index (χ0) is 13.9. The molecule has 0 atom stereocenters. The Morgan fingerprint density at radius 3 is 2.37 bits per heavy atom. The van der Waals surface area contributed by atoms with Crippen LogP contribution in [0.5, 0.6) is 0 Å². The minimum Gasteiger partial charge on any atom is -0.369 e. The van der Waals surface area contributed by atoms with Gasteiger partial charge in [0, 0.05) is 0 Å². The topological polar surface area (TPSA) is 55.1 Å². The number of hydrogen-bond donors (Lipinski definition) is 2. The van der Waals surface area contributed by atoms with Crippen molar-refractivity contribution in [2.75, 3.05) is 13.1 Å². The van der Waals surface area contributed by atoms with E-state index in [-0.39, 0.29) is 5.91 Å². The maximum atomic E-state index is 11.4. The Bertz CT molecular complexity index is 431. The van der Waals surface area contributed by atoms with E-state index >= 15 is 0 Å². The molecular weight excluding hydrogens is 236 g/mol. The molecule has 1 heterocycles. The first-order valence-electron chi connectivity index (χ1n) is 7.10. The van der Waals surface area contributed by atoms with E-state index in [4.69, 9.17) is 5.73 Å². The third-order valence-electron chi connectivity index (χ3n) is 4.27. The number of benzene rings is 1. The second kappa shape index (κ2) is 5.74. The predicted molar refractivity (Wildman–Crippen MR) is 78.0 cm³/mol. The second-order valence-corrected chi connectivity index (χ2v) is 6.08. The van der Waals surface area contributed by atoms with Crippen LogP contribution in [0, 0.1) is 5.92 Å². The van der Waals surface area contributed by atoms with Gasteiger partial charge in [0.1, 0.15) is 0 Å². The molecule has 1 aromatic rings. The molecule has 1 amide bonds. The van der Waals surface area contributed by atoms with Crippen molar-refractivity contribution < 1.29 is 4.79 Å². The first-order chi connectivity index (χ1) is 9.00. The lowest BCUT2D eigenvalue weighted by Crippen LogP contribution is -2.35. The molecule has 0 unspecified atom stereocenters. The molecule has 3 nitrogen and oxygen atoms in total. The first-order valence-corrected chi connectivity index (χ1v) is 7.10. The number of primary amides is 1. The summed E-state index contributed by atoms with van der Waals surface area (Å²) in [6, 6.07) is 8.37. The Morgan fingerprint density at radius 2 is 1.84 bits per heavy atom. The molecule has 0 radical (unpaired) electrons. The van der Waals surface area contributed by atoms with Gasteiger partial charge in [-0.1, -0.05) is 24.3 Å². The van der Waals surface area contributed by atoms with Crippen molar-refractivity contribution in [3.8, 4) is 0 Å². The molecular formula is C16H24N2O. The molecule has 1 aliphatic heterocycles. The van der Waals surface area contributed by atoms with Gasteiger partial charge in [-0.15, -0.1) is 0 Å². The highest BCUT2D eigenvalue weighted by Crippen LogP contribution is 2.24. The lowest BCUT2D eigenvalue weighted by molar-refractivity contribution is -0.122. The van der Waals surface area contributed by atoms with Crippen molar-refractivity contribution in [3.63, 3.8) is 0 Å². The van der Waals surface area contributed by atoms with Crippen LogP contribution in [0.1, 0.15) is 37.8 Å². The molecule has 3 heteroatoms. The van der Waals surface area contributed by atoms with Crippen LogP contribution in [0.3, 0.4) is 0 Å². The molecule has 1 fully saturated rings. The fourth-order valence-corrected chi connectivity index (χ4v) is 2.62. The van der Waals surface area contributed by atoms with E-state index in [1.165, 1.54) is 18.4 Å². The summed E-state index contributed by atoms with van der Waals surface area (Å²) in [6.07, 6.45) is 3.65. The van der Waals surface area contributed by atoms with E-state index < -0.39 is 5.41 Å². The Morgan fingerprint density at radius 1 is 1.26 bits per heavy atom. The van der Waals surface area contributed by atoms with Gasteiger partial charge >= 0.3 is 0 Å². The van der Waals surface area contributed by atoms with Gasteiger partial charge in [-0.25, -0.2) is 0 Å². The van der Waals surface area contributed by atoms with E-state index in [2.05, 4.69) is 17.4 Å². The predicted octanol–water partition coefficient (Wildman–Crippen LogP) is 1.99. The zero-order valence-electron chi connectivity index (χ0n) is 11.9. The van der Waals surface area contributed by atoms with Crippen molar-refractivity contribution in [2.24, 2.45) is 11.7 Å². The number of hydrogen-bond acceptors (Lipinski definition) is 2. The average molecular weight is 260 g/mol. The maximum Gasteiger partial charge on any atom is 0.227 e. The van der Waals surface area contributed by atoms with Crippen LogP contribution in [0.25, 0.3) is 0 Å². The summed E-state index contributed by atoms with van der Waals surface area (Å²) in [5, 5.41) is 3.39. The van der Waals surface area contributed by atoms with Gasteiger partial charge in [-0.2, -0.15) is 0 Å². The van der Waals surface area contributed by atoms with Gasteiger partial charge in [0.25, 0.3) is 0 Å². The number of carbonyl (C=O) groups is 1. The molecule has 0 aliphatic carbocycles. The molecule has 1 saturated heterocycles. The van der Waals surface area contributed by atoms with Crippen LogP contribution in [0.4, 0.5) is 0 Å². The number of amides is 1. The Hall–Kier alpha value is -1.35. The summed E-state index contributed by atoms with van der Waals surface area (Å²) in [5.41, 5.74) is 7.21. The van der Waals surface area contributed by atoms with Crippen LogP contribution in [0.15, 0.2) is 24.3 Å². The quantitative estimate of drug-likeness (QED) is 0.870. The van der Waals surface area contributed by atoms with Gasteiger partial charge in [-0.05, 0) is 63.2 Å². The highest BCUT2D eigenvalue weighted by Gasteiger charge is 2.27. The molecule has 2 rings (SSSR count). The van der Waals surface area contributed by atoms with Crippen molar-refractivity contribution in [3.05, 3.63) is 35.4 Å². The molecule has 1 aliphatic rings. The number of nitrogens with two attached hydrogens (primary N) is 1. The number of rotatable bonds is 4. The number of carbonyl (C=O) groups excluding carboxylic acids is 1. The van der Waals surface area contributed by atoms with Gasteiger partial charge in [0.2, 0.25) is 5.91 Å². The SMILES string of the molecule is CC(C)(C(N)=O)c1ccc(CC2CCNCC2)cc1. The van der Waals surface area contributed by atoms with E-state index in [1.807, 2.05) is 26.0 Å². The van der Waals surface area contributed by atoms with Crippen LogP contribution >= 0.6 is 0 Å². The molecule has 0 aromatic heterocycles. The first kappa shape index (κ1) is 14.1. The summed E-state index contributed by atoms with van der Waals surface area (Å²) in [4.78, 5) is 11.4. The zero-order valence-corrected chi connectivity index (χ0v) is 11.9. The summed E-state index contributed by atoms with van der Waals surface area (Å²) in [7, 11) is 0. The number of piperidine rings is 1. The highest BCUT2D eigenvalue weighted by molar-refractivity contribution is 5.85. The molecule has 1 aromatic carbocycles. The minimum absolute atomic E-state index is 0.279. The van der Waals surface area contributed by atoms with E-state index in [1.54, 1.807) is 0 Å². The van der Waals surface area contributed by atoms with Crippen molar-refractivity contribution >= 4 is 5.91 Å². The Labute approximate surface area is 115 Å². The molecule has 0 saturated carbocycles. The lowest BCUT2D eigenvalue weighted by atomic mass is 9.83. The minimum atomic E-state index is -0.590. The largest absolute Gasteiger partial charge is 0.369 e. The monoisotopic (exact) mass is 260 g/mol. The highest BCUT2D eigenvalue weighted by atomic mass is 16.1. The Balaban J connectivity index is 2.04. The molecule has 104 valence electrons. The van der Waals surface area contributed by atoms with E-state index in [9.17, 15) is 4.79 Å². The molecule has 19 heavy (non-hydrogen) atoms. The van der Waals surface area contributed by atoms with Gasteiger partial charge in [0.15, 0.2) is 0 Å². The van der Waals surface area contributed by atoms with Gasteiger partial charge < -0.3 is 11.1 Å². The number of nitrogens with one attached hydrogen (secondary N) is 1. The standard InChI is InChI=1S/C16H24N2O/c1-16(2,15(17)19)14-5-3-12(4-6-14)11-13-7-9-18-10-8-13/h3-6,13,18H,7-11H2,1-2H3,(H2,17,19). The fourth-order valence-electron chi connectivity index (χ4n) is 2.62. The summed E-state index contributed by atoms with van der Waals surface area (Å²) >= 11 is 0. The molecule has 0 spiro atoms. The van der Waals surface area contributed by atoms with Crippen LogP contribution in [-0.4, -0.2) is 19.0 Å². The van der Waals surface area contributed by atoms with Crippen molar-refractivity contribution in [1.29, 1.82) is 0 Å². The van der Waals surface area contributed by atoms with E-state index in [0.29, 0.717) is 0 Å². The van der Waals surface area contributed by atoms with E-state index in [0.717, 1.165) is 31.0 Å². The third-order valence-corrected chi connectivity index (χ3v) is 4.27. The molecule has 3 N–H and O–H groups in total. The van der Waals surface area contributed by atoms with Gasteiger partial charge in [0.05, 0.1) is 5.41 Å². The van der Waals surface area contributed by atoms with Crippen LogP contribution in [-0.2, 0) is 16.6 Å². The van der Waals surface area contributed by atoms with Crippen LogP contribution < -0.4 is 11.1 Å². The summed E-state index contributed by atoms with van der Waals surface area (Å²) < 4.78 is 0. The maximum absolute atomic E-state index is 11.4. The Kier molecular flexibility index (Phi) is 4.25. The van der Waals surface area contributed by atoms with Crippen molar-refractivity contribution in [1.82, 2.24) is 5.32 Å². The third kappa shape index (κ3) is 3.35. The molecule has 0 bridgehead atoms. The fraction of sp³-hybridized carbons (Fsp3) is 0.562. The van der Waals surface area contributed by atoms with Crippen LogP contribution in [0.2, 0.25) is 0 Å². The summed E-state index contributed by atoms with van der Waals surface area (Å²) in [6.45, 7) is 6.02. The van der Waals surface area contributed by atoms with Crippen molar-refractivity contribution in [2.45, 2.75) is 38.5 Å². The smallest absolute Gasteiger partial charge is 0.227 e.